The molecule has 1 aliphatic rings. The number of azide groups is 1. The number of esters is 3. The number of rotatable bonds is 8. The summed E-state index contributed by atoms with van der Waals surface area (Å²) in [6.45, 7) is -0.350. The minimum atomic E-state index is -1.32. The van der Waals surface area contributed by atoms with Gasteiger partial charge in [-0.2, -0.15) is 0 Å². The van der Waals surface area contributed by atoms with Crippen molar-refractivity contribution in [3.05, 3.63) is 118 Å². The van der Waals surface area contributed by atoms with Gasteiger partial charge in [-0.3, -0.25) is 0 Å². The Bertz CT molecular complexity index is 1250. The van der Waals surface area contributed by atoms with E-state index in [0.717, 1.165) is 0 Å². The lowest BCUT2D eigenvalue weighted by atomic mass is 10.1. The Hall–Kier alpha value is -4.66. The van der Waals surface area contributed by atoms with Crippen LogP contribution in [0.1, 0.15) is 31.1 Å². The van der Waals surface area contributed by atoms with Gasteiger partial charge in [0.1, 0.15) is 12.7 Å². The van der Waals surface area contributed by atoms with Gasteiger partial charge in [-0.1, -0.05) is 59.7 Å². The highest BCUT2D eigenvalue weighted by Gasteiger charge is 2.50. The molecule has 0 aliphatic carbocycles. The van der Waals surface area contributed by atoms with Gasteiger partial charge in [0.2, 0.25) is 0 Å². The summed E-state index contributed by atoms with van der Waals surface area (Å²) in [6.07, 6.45) is -4.92. The molecule has 0 aromatic heterocycles. The van der Waals surface area contributed by atoms with Crippen LogP contribution in [0.2, 0.25) is 0 Å². The number of hydrogen-bond acceptors (Lipinski definition) is 8. The number of ether oxygens (including phenoxy) is 4. The maximum absolute atomic E-state index is 12.8. The van der Waals surface area contributed by atoms with Gasteiger partial charge < -0.3 is 18.9 Å². The van der Waals surface area contributed by atoms with E-state index in [0.29, 0.717) is 5.56 Å². The van der Waals surface area contributed by atoms with Crippen molar-refractivity contribution in [2.24, 2.45) is 5.11 Å². The van der Waals surface area contributed by atoms with Gasteiger partial charge in [0.05, 0.1) is 16.7 Å². The number of hydrogen-bond donors (Lipinski definition) is 0. The molecule has 1 saturated heterocycles. The van der Waals surface area contributed by atoms with E-state index >= 15 is 0 Å². The lowest BCUT2D eigenvalue weighted by molar-refractivity contribution is -0.0445. The molecule has 0 radical (unpaired) electrons. The summed E-state index contributed by atoms with van der Waals surface area (Å²) in [5, 5.41) is 3.57. The van der Waals surface area contributed by atoms with Crippen LogP contribution in [0.5, 0.6) is 0 Å². The summed E-state index contributed by atoms with van der Waals surface area (Å²) in [5.41, 5.74) is 9.84. The lowest BCUT2D eigenvalue weighted by Crippen LogP contribution is -2.41. The second-order valence-corrected chi connectivity index (χ2v) is 7.71. The molecule has 182 valence electrons. The first-order valence-corrected chi connectivity index (χ1v) is 11.0. The van der Waals surface area contributed by atoms with Crippen LogP contribution in [-0.2, 0) is 18.9 Å². The zero-order valence-corrected chi connectivity index (χ0v) is 18.9. The number of benzene rings is 3. The van der Waals surface area contributed by atoms with Gasteiger partial charge in [-0.05, 0) is 41.9 Å². The van der Waals surface area contributed by atoms with Crippen LogP contribution in [-0.4, -0.2) is 49.1 Å². The fourth-order valence-corrected chi connectivity index (χ4v) is 3.60. The molecule has 1 aliphatic heterocycles. The summed E-state index contributed by atoms with van der Waals surface area (Å²) in [6, 6.07) is 24.6. The van der Waals surface area contributed by atoms with E-state index in [-0.39, 0.29) is 17.7 Å². The highest BCUT2D eigenvalue weighted by molar-refractivity contribution is 5.91. The Labute approximate surface area is 206 Å². The van der Waals surface area contributed by atoms with E-state index in [1.807, 2.05) is 0 Å². The maximum Gasteiger partial charge on any atom is 0.338 e. The summed E-state index contributed by atoms with van der Waals surface area (Å²) in [7, 11) is 0. The Morgan fingerprint density at radius 2 is 1.17 bits per heavy atom. The van der Waals surface area contributed by atoms with E-state index in [1.54, 1.807) is 91.0 Å². The van der Waals surface area contributed by atoms with Crippen LogP contribution in [0.4, 0.5) is 0 Å². The molecule has 10 nitrogen and oxygen atoms in total. The molecule has 0 unspecified atom stereocenters. The lowest BCUT2D eigenvalue weighted by Gasteiger charge is -2.23. The standard InChI is InChI=1S/C26H21N3O7/c27-29-28-23-22(36-26(32)19-14-8-3-9-15-19)21(35-25(31)18-12-6-2-7-13-18)20(34-23)16-33-24(30)17-10-4-1-5-11-17/h1-15,20-23H,16H2/t20-,21-,22+,23+/m1/s1. The summed E-state index contributed by atoms with van der Waals surface area (Å²) >= 11 is 0. The van der Waals surface area contributed by atoms with Crippen LogP contribution in [0.25, 0.3) is 10.4 Å². The zero-order chi connectivity index (χ0) is 25.3. The Kier molecular flexibility index (Phi) is 7.92. The van der Waals surface area contributed by atoms with Gasteiger partial charge in [-0.15, -0.1) is 0 Å². The van der Waals surface area contributed by atoms with Crippen LogP contribution < -0.4 is 0 Å². The number of carbonyl (C=O) groups excluding carboxylic acids is 3. The smallest absolute Gasteiger partial charge is 0.338 e. The molecule has 0 spiro atoms. The minimum absolute atomic E-state index is 0.240. The molecule has 1 heterocycles. The molecule has 1 fully saturated rings. The molecule has 4 atom stereocenters. The number of carbonyl (C=O) groups is 3. The molecule has 3 aromatic rings. The first-order chi connectivity index (χ1) is 17.6. The quantitative estimate of drug-likeness (QED) is 0.152. The molecule has 0 amide bonds. The molecule has 10 heteroatoms. The number of nitrogens with zero attached hydrogens (tertiary/aromatic N) is 3. The van der Waals surface area contributed by atoms with E-state index in [1.165, 1.54) is 0 Å². The molecular formula is C26H21N3O7. The largest absolute Gasteiger partial charge is 0.459 e. The first-order valence-electron chi connectivity index (χ1n) is 11.0. The molecule has 0 saturated carbocycles. The summed E-state index contributed by atoms with van der Waals surface area (Å²) in [5.74, 6) is -2.08. The van der Waals surface area contributed by atoms with Crippen LogP contribution in [0, 0.1) is 0 Å². The van der Waals surface area contributed by atoms with E-state index in [4.69, 9.17) is 24.5 Å². The van der Waals surface area contributed by atoms with Gasteiger partial charge in [0, 0.05) is 4.91 Å². The third kappa shape index (κ3) is 5.87. The highest BCUT2D eigenvalue weighted by Crippen LogP contribution is 2.30. The molecule has 3 aromatic carbocycles. The van der Waals surface area contributed by atoms with E-state index < -0.39 is 42.4 Å². The third-order valence-electron chi connectivity index (χ3n) is 5.34. The van der Waals surface area contributed by atoms with Crippen molar-refractivity contribution in [2.45, 2.75) is 24.5 Å². The van der Waals surface area contributed by atoms with Crippen molar-refractivity contribution >= 4 is 17.9 Å². The topological polar surface area (TPSA) is 137 Å². The Balaban J connectivity index is 1.58. The minimum Gasteiger partial charge on any atom is -0.459 e. The van der Waals surface area contributed by atoms with Crippen molar-refractivity contribution in [3.8, 4) is 0 Å². The van der Waals surface area contributed by atoms with Crippen molar-refractivity contribution in [2.75, 3.05) is 6.61 Å². The average molecular weight is 487 g/mol. The van der Waals surface area contributed by atoms with Crippen molar-refractivity contribution < 1.29 is 33.3 Å². The predicted molar refractivity (Wildman–Crippen MR) is 126 cm³/mol. The van der Waals surface area contributed by atoms with Crippen molar-refractivity contribution in [1.29, 1.82) is 0 Å². The second-order valence-electron chi connectivity index (χ2n) is 7.71. The highest BCUT2D eigenvalue weighted by atomic mass is 16.7. The van der Waals surface area contributed by atoms with Gasteiger partial charge in [-0.25, -0.2) is 14.4 Å². The zero-order valence-electron chi connectivity index (χ0n) is 18.9. The third-order valence-corrected chi connectivity index (χ3v) is 5.34. The van der Waals surface area contributed by atoms with Gasteiger partial charge in [0.25, 0.3) is 0 Å². The maximum atomic E-state index is 12.8. The van der Waals surface area contributed by atoms with Gasteiger partial charge in [0.15, 0.2) is 18.4 Å². The molecule has 0 N–H and O–H groups in total. The second kappa shape index (κ2) is 11.7. The first kappa shape index (κ1) is 24.5. The van der Waals surface area contributed by atoms with E-state index in [2.05, 4.69) is 10.0 Å². The average Bonchev–Trinajstić information content (AvgIpc) is 3.24. The van der Waals surface area contributed by atoms with Crippen molar-refractivity contribution in [3.63, 3.8) is 0 Å². The molecule has 4 rings (SSSR count). The Morgan fingerprint density at radius 3 is 1.64 bits per heavy atom. The van der Waals surface area contributed by atoms with Crippen LogP contribution in [0.15, 0.2) is 96.1 Å². The molecular weight excluding hydrogens is 466 g/mol. The molecule has 36 heavy (non-hydrogen) atoms. The predicted octanol–water partition coefficient (Wildman–Crippen LogP) is 4.33. The molecule has 0 bridgehead atoms. The monoisotopic (exact) mass is 487 g/mol. The normalized spacial score (nSPS) is 20.6. The summed E-state index contributed by atoms with van der Waals surface area (Å²) in [4.78, 5) is 40.8. The van der Waals surface area contributed by atoms with Crippen LogP contribution >= 0.6 is 0 Å². The van der Waals surface area contributed by atoms with Crippen molar-refractivity contribution in [1.82, 2.24) is 0 Å². The van der Waals surface area contributed by atoms with Gasteiger partial charge >= 0.3 is 17.9 Å². The fourth-order valence-electron chi connectivity index (χ4n) is 3.60. The summed E-state index contributed by atoms with van der Waals surface area (Å²) < 4.78 is 22.3. The SMILES string of the molecule is [N-]=[N+]=N[C@H]1O[C@H](COC(=O)c2ccccc2)[C@@H](OC(=O)c2ccccc2)[C@@H]1OC(=O)c1ccccc1. The van der Waals surface area contributed by atoms with E-state index in [9.17, 15) is 14.4 Å². The Morgan fingerprint density at radius 1 is 0.722 bits per heavy atom. The fraction of sp³-hybridized carbons (Fsp3) is 0.192. The van der Waals surface area contributed by atoms with Crippen LogP contribution in [0.3, 0.4) is 0 Å².